The molecule has 0 atom stereocenters. The smallest absolute Gasteiger partial charge is 0.311 e. The highest BCUT2D eigenvalue weighted by atomic mass is 16.5. The van der Waals surface area contributed by atoms with Crippen molar-refractivity contribution in [2.24, 2.45) is 5.41 Å². The van der Waals surface area contributed by atoms with Crippen LogP contribution in [0.25, 0.3) is 0 Å². The highest BCUT2D eigenvalue weighted by Gasteiger charge is 2.26. The van der Waals surface area contributed by atoms with Gasteiger partial charge in [-0.15, -0.1) is 0 Å². The first kappa shape index (κ1) is 11.7. The summed E-state index contributed by atoms with van der Waals surface area (Å²) < 4.78 is 4.89. The molecule has 0 spiro atoms. The molecule has 0 saturated carbocycles. The van der Waals surface area contributed by atoms with Gasteiger partial charge in [-0.3, -0.25) is 4.79 Å². The first-order valence-corrected chi connectivity index (χ1v) is 4.19. The van der Waals surface area contributed by atoms with E-state index in [0.717, 1.165) is 0 Å². The Hall–Kier alpha value is -1.30. The molecule has 0 aliphatic carbocycles. The van der Waals surface area contributed by atoms with Crippen molar-refractivity contribution in [1.82, 2.24) is 0 Å². The molecular weight excluding hydrogens is 166 g/mol. The maximum Gasteiger partial charge on any atom is 0.311 e. The monoisotopic (exact) mass is 181 g/mol. The fraction of sp³-hybridized carbons (Fsp3) is 0.600. The van der Waals surface area contributed by atoms with E-state index in [-0.39, 0.29) is 18.1 Å². The predicted octanol–water partition coefficient (Wildman–Crippen LogP) is 2.05. The summed E-state index contributed by atoms with van der Waals surface area (Å²) in [5.41, 5.74) is -0.212. The minimum absolute atomic E-state index is 0.00123. The van der Waals surface area contributed by atoms with Crippen molar-refractivity contribution in [2.45, 2.75) is 27.2 Å². The number of hydrogen-bond donors (Lipinski definition) is 0. The third kappa shape index (κ3) is 3.75. The van der Waals surface area contributed by atoms with Crippen molar-refractivity contribution in [3.63, 3.8) is 0 Å². The van der Waals surface area contributed by atoms with E-state index < -0.39 is 5.41 Å². The van der Waals surface area contributed by atoms with Gasteiger partial charge in [0.05, 0.1) is 17.1 Å². The van der Waals surface area contributed by atoms with E-state index in [4.69, 9.17) is 10.00 Å². The van der Waals surface area contributed by atoms with E-state index in [1.165, 1.54) is 0 Å². The summed E-state index contributed by atoms with van der Waals surface area (Å²) in [6.45, 7) is 8.95. The molecule has 3 heteroatoms. The third-order valence-electron chi connectivity index (χ3n) is 1.97. The van der Waals surface area contributed by atoms with Crippen LogP contribution in [0.1, 0.15) is 27.2 Å². The molecule has 0 aromatic carbocycles. The molecule has 0 aliphatic rings. The highest BCUT2D eigenvalue weighted by Crippen LogP contribution is 2.21. The Balaban J connectivity index is 4.04. The lowest BCUT2D eigenvalue weighted by Crippen LogP contribution is -2.26. The van der Waals surface area contributed by atoms with Crippen molar-refractivity contribution in [3.05, 3.63) is 12.2 Å². The molecular formula is C10H15NO2. The summed E-state index contributed by atoms with van der Waals surface area (Å²) in [4.78, 5) is 11.3. The van der Waals surface area contributed by atoms with Crippen molar-refractivity contribution >= 4 is 5.97 Å². The van der Waals surface area contributed by atoms with Crippen LogP contribution in [-0.4, -0.2) is 12.6 Å². The van der Waals surface area contributed by atoms with Gasteiger partial charge in [-0.05, 0) is 20.3 Å². The molecule has 72 valence electrons. The van der Waals surface area contributed by atoms with Gasteiger partial charge in [0, 0.05) is 0 Å². The summed E-state index contributed by atoms with van der Waals surface area (Å²) in [5.74, 6) is -0.286. The van der Waals surface area contributed by atoms with E-state index in [1.807, 2.05) is 26.8 Å². The number of hydrogen-bond acceptors (Lipinski definition) is 3. The Morgan fingerprint density at radius 2 is 2.15 bits per heavy atom. The van der Waals surface area contributed by atoms with Gasteiger partial charge in [0.2, 0.25) is 0 Å². The summed E-state index contributed by atoms with van der Waals surface area (Å²) in [7, 11) is 0. The van der Waals surface area contributed by atoms with Gasteiger partial charge in [0.25, 0.3) is 0 Å². The van der Waals surface area contributed by atoms with Gasteiger partial charge < -0.3 is 4.74 Å². The average Bonchev–Trinajstić information content (AvgIpc) is 2.13. The Kier molecular flexibility index (Phi) is 4.19. The number of esters is 1. The molecule has 3 nitrogen and oxygen atoms in total. The summed E-state index contributed by atoms with van der Waals surface area (Å²) >= 11 is 0. The molecule has 0 N–H and O–H groups in total. The predicted molar refractivity (Wildman–Crippen MR) is 49.8 cm³/mol. The maximum atomic E-state index is 11.3. The first-order chi connectivity index (χ1) is 5.94. The van der Waals surface area contributed by atoms with Gasteiger partial charge in [-0.25, -0.2) is 0 Å². The lowest BCUT2D eigenvalue weighted by molar-refractivity contribution is -0.152. The number of nitrogens with zero attached hydrogens (tertiary/aromatic N) is 1. The summed E-state index contributed by atoms with van der Waals surface area (Å²) in [6.07, 6.45) is 0.713. The minimum atomic E-state index is -0.476. The third-order valence-corrected chi connectivity index (χ3v) is 1.97. The molecule has 0 aromatic rings. The Labute approximate surface area is 79.0 Å². The van der Waals surface area contributed by atoms with Crippen molar-refractivity contribution in [1.29, 1.82) is 5.26 Å². The molecule has 0 aromatic heterocycles. The zero-order chi connectivity index (χ0) is 10.5. The second kappa shape index (κ2) is 4.66. The summed E-state index contributed by atoms with van der Waals surface area (Å²) in [6, 6.07) is 1.82. The van der Waals surface area contributed by atoms with Crippen LogP contribution in [0.4, 0.5) is 0 Å². The van der Waals surface area contributed by atoms with Gasteiger partial charge in [0.15, 0.2) is 0 Å². The zero-order valence-electron chi connectivity index (χ0n) is 8.39. The quantitative estimate of drug-likeness (QED) is 0.492. The van der Waals surface area contributed by atoms with E-state index >= 15 is 0 Å². The normalized spacial score (nSPS) is 10.3. The second-order valence-corrected chi connectivity index (χ2v) is 3.53. The molecule has 0 radical (unpaired) electrons. The fourth-order valence-corrected chi connectivity index (χ4v) is 0.525. The van der Waals surface area contributed by atoms with Gasteiger partial charge in [0.1, 0.15) is 6.61 Å². The Bertz CT molecular complexity index is 248. The number of rotatable bonds is 4. The maximum absolute atomic E-state index is 11.3. The number of ether oxygens (including phenoxy) is 1. The topological polar surface area (TPSA) is 50.1 Å². The van der Waals surface area contributed by atoms with E-state index in [9.17, 15) is 4.79 Å². The van der Waals surface area contributed by atoms with Crippen LogP contribution >= 0.6 is 0 Å². The SMILES string of the molecule is C=C(C#N)COC(=O)C(C)(C)CC. The van der Waals surface area contributed by atoms with Gasteiger partial charge >= 0.3 is 5.97 Å². The summed E-state index contributed by atoms with van der Waals surface area (Å²) in [5, 5.41) is 8.37. The molecule has 0 rings (SSSR count). The van der Waals surface area contributed by atoms with Crippen LogP contribution in [0.5, 0.6) is 0 Å². The lowest BCUT2D eigenvalue weighted by atomic mass is 9.91. The Morgan fingerprint density at radius 1 is 1.62 bits per heavy atom. The highest BCUT2D eigenvalue weighted by molar-refractivity contribution is 5.76. The molecule has 0 bridgehead atoms. The standard InChI is InChI=1S/C10H15NO2/c1-5-10(3,4)9(12)13-7-8(2)6-11/h2,5,7H2,1,3-4H3. The number of carbonyl (C=O) groups is 1. The second-order valence-electron chi connectivity index (χ2n) is 3.53. The van der Waals surface area contributed by atoms with E-state index in [2.05, 4.69) is 6.58 Å². The lowest BCUT2D eigenvalue weighted by Gasteiger charge is -2.19. The van der Waals surface area contributed by atoms with Crippen LogP contribution in [0.2, 0.25) is 0 Å². The molecule has 0 amide bonds. The van der Waals surface area contributed by atoms with Crippen LogP contribution in [-0.2, 0) is 9.53 Å². The number of carbonyl (C=O) groups excluding carboxylic acids is 1. The minimum Gasteiger partial charge on any atom is -0.460 e. The first-order valence-electron chi connectivity index (χ1n) is 4.19. The fourth-order valence-electron chi connectivity index (χ4n) is 0.525. The number of nitriles is 1. The Morgan fingerprint density at radius 3 is 2.54 bits per heavy atom. The molecule has 13 heavy (non-hydrogen) atoms. The molecule has 0 aliphatic heterocycles. The largest absolute Gasteiger partial charge is 0.460 e. The van der Waals surface area contributed by atoms with Crippen LogP contribution < -0.4 is 0 Å². The molecule has 0 saturated heterocycles. The van der Waals surface area contributed by atoms with Crippen molar-refractivity contribution < 1.29 is 9.53 Å². The van der Waals surface area contributed by atoms with Crippen LogP contribution in [0.3, 0.4) is 0 Å². The van der Waals surface area contributed by atoms with Gasteiger partial charge in [-0.1, -0.05) is 13.5 Å². The molecule has 0 fully saturated rings. The average molecular weight is 181 g/mol. The van der Waals surface area contributed by atoms with Crippen LogP contribution in [0.15, 0.2) is 12.2 Å². The van der Waals surface area contributed by atoms with Crippen LogP contribution in [0, 0.1) is 16.7 Å². The van der Waals surface area contributed by atoms with Crippen molar-refractivity contribution in [2.75, 3.05) is 6.61 Å². The van der Waals surface area contributed by atoms with Gasteiger partial charge in [-0.2, -0.15) is 5.26 Å². The molecule has 0 heterocycles. The zero-order valence-corrected chi connectivity index (χ0v) is 8.39. The van der Waals surface area contributed by atoms with Crippen molar-refractivity contribution in [3.8, 4) is 6.07 Å². The van der Waals surface area contributed by atoms with E-state index in [0.29, 0.717) is 6.42 Å². The molecule has 0 unspecified atom stereocenters. The van der Waals surface area contributed by atoms with E-state index in [1.54, 1.807) is 0 Å².